The number of benzene rings is 2. The first-order chi connectivity index (χ1) is 11.1. The van der Waals surface area contributed by atoms with Gasteiger partial charge in [-0.1, -0.05) is 42.5 Å². The van der Waals surface area contributed by atoms with Gasteiger partial charge in [-0.15, -0.1) is 0 Å². The molecule has 2 aromatic rings. The molecule has 0 unspecified atom stereocenters. The normalized spacial score (nSPS) is 11.5. The van der Waals surface area contributed by atoms with Crippen molar-refractivity contribution < 1.29 is 24.5 Å². The zero-order chi connectivity index (χ0) is 16.7. The molecule has 3 N–H and O–H groups in total. The zero-order valence-corrected chi connectivity index (χ0v) is 12.3. The van der Waals surface area contributed by atoms with E-state index in [4.69, 9.17) is 9.84 Å². The molecule has 0 fully saturated rings. The molecule has 1 amide bonds. The molecule has 0 aromatic heterocycles. The van der Waals surface area contributed by atoms with E-state index in [0.717, 1.165) is 5.56 Å². The third kappa shape index (κ3) is 4.82. The summed E-state index contributed by atoms with van der Waals surface area (Å²) in [5.41, 5.74) is 1.58. The number of ether oxygens (including phenoxy) is 1. The maximum atomic E-state index is 11.8. The first-order valence-corrected chi connectivity index (χ1v) is 7.01. The maximum absolute atomic E-state index is 11.8. The lowest BCUT2D eigenvalue weighted by atomic mass is 10.1. The molecule has 0 saturated carbocycles. The molecular formula is C17H17NO5. The maximum Gasteiger partial charge on any atom is 0.408 e. The summed E-state index contributed by atoms with van der Waals surface area (Å²) in [6.45, 7) is -0.199. The molecule has 23 heavy (non-hydrogen) atoms. The summed E-state index contributed by atoms with van der Waals surface area (Å²) < 4.78 is 5.09. The number of alkyl carbamates (subject to hydrolysis) is 1. The second kappa shape index (κ2) is 7.95. The van der Waals surface area contributed by atoms with Crippen LogP contribution in [0.2, 0.25) is 0 Å². The Morgan fingerprint density at radius 1 is 1.04 bits per heavy atom. The van der Waals surface area contributed by atoms with Crippen LogP contribution in [0.1, 0.15) is 27.5 Å². The minimum Gasteiger partial charge on any atom is -0.478 e. The molecule has 0 aliphatic heterocycles. The van der Waals surface area contributed by atoms with Crippen LogP contribution in [-0.2, 0) is 11.3 Å². The first kappa shape index (κ1) is 16.5. The van der Waals surface area contributed by atoms with Gasteiger partial charge < -0.3 is 20.3 Å². The predicted octanol–water partition coefficient (Wildman–Crippen LogP) is 2.34. The second-order valence-corrected chi connectivity index (χ2v) is 4.87. The van der Waals surface area contributed by atoms with Crippen LogP contribution >= 0.6 is 0 Å². The predicted molar refractivity (Wildman–Crippen MR) is 83.0 cm³/mol. The lowest BCUT2D eigenvalue weighted by molar-refractivity contribution is 0.0696. The van der Waals surface area contributed by atoms with Crippen molar-refractivity contribution >= 4 is 12.1 Å². The van der Waals surface area contributed by atoms with Crippen LogP contribution in [0.4, 0.5) is 4.79 Å². The number of rotatable bonds is 6. The van der Waals surface area contributed by atoms with Gasteiger partial charge in [0.15, 0.2) is 0 Å². The lowest BCUT2D eigenvalue weighted by Crippen LogP contribution is -2.31. The van der Waals surface area contributed by atoms with E-state index in [1.54, 1.807) is 12.1 Å². The molecule has 0 saturated heterocycles. The number of carbonyl (C=O) groups excluding carboxylic acids is 1. The molecule has 2 rings (SSSR count). The smallest absolute Gasteiger partial charge is 0.408 e. The monoisotopic (exact) mass is 315 g/mol. The van der Waals surface area contributed by atoms with E-state index in [1.807, 2.05) is 30.3 Å². The highest BCUT2D eigenvalue weighted by atomic mass is 16.5. The van der Waals surface area contributed by atoms with E-state index in [-0.39, 0.29) is 18.8 Å². The van der Waals surface area contributed by atoms with Gasteiger partial charge in [0.2, 0.25) is 0 Å². The summed E-state index contributed by atoms with van der Waals surface area (Å²) in [6, 6.07) is 14.5. The van der Waals surface area contributed by atoms with Crippen LogP contribution in [-0.4, -0.2) is 28.9 Å². The molecule has 0 aliphatic rings. The van der Waals surface area contributed by atoms with Gasteiger partial charge >= 0.3 is 12.1 Å². The van der Waals surface area contributed by atoms with Crippen molar-refractivity contribution in [2.75, 3.05) is 6.61 Å². The van der Waals surface area contributed by atoms with Gasteiger partial charge in [-0.05, 0) is 23.3 Å². The van der Waals surface area contributed by atoms with Crippen molar-refractivity contribution in [2.24, 2.45) is 0 Å². The third-order valence-electron chi connectivity index (χ3n) is 3.25. The van der Waals surface area contributed by atoms with Gasteiger partial charge in [0.1, 0.15) is 6.61 Å². The van der Waals surface area contributed by atoms with E-state index in [9.17, 15) is 14.7 Å². The number of hydrogen-bond donors (Lipinski definition) is 3. The fourth-order valence-corrected chi connectivity index (χ4v) is 2.00. The SMILES string of the molecule is O=C(N[C@H](CO)c1ccc(C(=O)O)cc1)OCc1ccccc1. The molecule has 1 atom stereocenters. The highest BCUT2D eigenvalue weighted by molar-refractivity contribution is 5.87. The number of hydrogen-bond acceptors (Lipinski definition) is 4. The molecule has 0 heterocycles. The summed E-state index contributed by atoms with van der Waals surface area (Å²) in [7, 11) is 0. The summed E-state index contributed by atoms with van der Waals surface area (Å²) >= 11 is 0. The molecule has 2 aromatic carbocycles. The van der Waals surface area contributed by atoms with Gasteiger partial charge in [-0.25, -0.2) is 9.59 Å². The Morgan fingerprint density at radius 3 is 2.26 bits per heavy atom. The van der Waals surface area contributed by atoms with Crippen LogP contribution in [0.25, 0.3) is 0 Å². The fourth-order valence-electron chi connectivity index (χ4n) is 2.00. The molecule has 0 bridgehead atoms. The Kier molecular flexibility index (Phi) is 5.71. The van der Waals surface area contributed by atoms with Crippen molar-refractivity contribution in [3.8, 4) is 0 Å². The van der Waals surface area contributed by atoms with E-state index in [1.165, 1.54) is 12.1 Å². The number of amides is 1. The topological polar surface area (TPSA) is 95.9 Å². The Balaban J connectivity index is 1.93. The van der Waals surface area contributed by atoms with Crippen molar-refractivity contribution in [3.63, 3.8) is 0 Å². The first-order valence-electron chi connectivity index (χ1n) is 7.01. The Morgan fingerprint density at radius 2 is 1.70 bits per heavy atom. The van der Waals surface area contributed by atoms with E-state index in [0.29, 0.717) is 5.56 Å². The highest BCUT2D eigenvalue weighted by Crippen LogP contribution is 2.14. The molecule has 6 heteroatoms. The third-order valence-corrected chi connectivity index (χ3v) is 3.25. The van der Waals surface area contributed by atoms with Crippen LogP contribution in [0.3, 0.4) is 0 Å². The Bertz CT molecular complexity index is 654. The van der Waals surface area contributed by atoms with Gasteiger partial charge in [0.05, 0.1) is 18.2 Å². The quantitative estimate of drug-likeness (QED) is 0.760. The van der Waals surface area contributed by atoms with Crippen molar-refractivity contribution in [3.05, 3.63) is 71.3 Å². The highest BCUT2D eigenvalue weighted by Gasteiger charge is 2.15. The molecule has 0 spiro atoms. The van der Waals surface area contributed by atoms with Crippen LogP contribution in [0, 0.1) is 0 Å². The lowest BCUT2D eigenvalue weighted by Gasteiger charge is -2.17. The molecular weight excluding hydrogens is 298 g/mol. The Hall–Kier alpha value is -2.86. The van der Waals surface area contributed by atoms with Crippen molar-refractivity contribution in [1.82, 2.24) is 5.32 Å². The minimum atomic E-state index is -1.03. The van der Waals surface area contributed by atoms with Crippen LogP contribution in [0.5, 0.6) is 0 Å². The number of aliphatic hydroxyl groups is 1. The number of aromatic carboxylic acids is 1. The fraction of sp³-hybridized carbons (Fsp3) is 0.176. The van der Waals surface area contributed by atoms with Gasteiger partial charge in [0, 0.05) is 0 Å². The van der Waals surface area contributed by atoms with Gasteiger partial charge in [0.25, 0.3) is 0 Å². The van der Waals surface area contributed by atoms with E-state index in [2.05, 4.69) is 5.32 Å². The number of nitrogens with one attached hydrogen (secondary N) is 1. The number of carboxylic acids is 1. The summed E-state index contributed by atoms with van der Waals surface area (Å²) in [5, 5.41) is 20.8. The van der Waals surface area contributed by atoms with E-state index >= 15 is 0 Å². The Labute approximate surface area is 133 Å². The zero-order valence-electron chi connectivity index (χ0n) is 12.3. The summed E-state index contributed by atoms with van der Waals surface area (Å²) in [6.07, 6.45) is -0.657. The number of carbonyl (C=O) groups is 2. The summed E-state index contributed by atoms with van der Waals surface area (Å²) in [5.74, 6) is -1.03. The van der Waals surface area contributed by atoms with Gasteiger partial charge in [-0.2, -0.15) is 0 Å². The van der Waals surface area contributed by atoms with Crippen LogP contribution < -0.4 is 5.32 Å². The molecule has 6 nitrogen and oxygen atoms in total. The second-order valence-electron chi connectivity index (χ2n) is 4.87. The van der Waals surface area contributed by atoms with Crippen molar-refractivity contribution in [1.29, 1.82) is 0 Å². The van der Waals surface area contributed by atoms with Crippen molar-refractivity contribution in [2.45, 2.75) is 12.6 Å². The molecule has 0 aliphatic carbocycles. The average Bonchev–Trinajstić information content (AvgIpc) is 2.59. The summed E-state index contributed by atoms with van der Waals surface area (Å²) in [4.78, 5) is 22.6. The number of aliphatic hydroxyl groups excluding tert-OH is 1. The average molecular weight is 315 g/mol. The van der Waals surface area contributed by atoms with Gasteiger partial charge in [-0.3, -0.25) is 0 Å². The standard InChI is InChI=1S/C17H17NO5/c19-10-15(13-6-8-14(9-7-13)16(20)21)18-17(22)23-11-12-4-2-1-3-5-12/h1-9,15,19H,10-11H2,(H,18,22)(H,20,21)/t15-/m1/s1. The number of carboxylic acid groups (broad SMARTS) is 1. The molecule has 0 radical (unpaired) electrons. The minimum absolute atomic E-state index is 0.128. The van der Waals surface area contributed by atoms with E-state index < -0.39 is 18.1 Å². The van der Waals surface area contributed by atoms with Crippen LogP contribution in [0.15, 0.2) is 54.6 Å². The largest absolute Gasteiger partial charge is 0.478 e. The molecule has 120 valence electrons.